The molecule has 1 saturated heterocycles. The number of β-lactam (4-membered cyclic amide) rings is 1. The van der Waals surface area contributed by atoms with Crippen LogP contribution in [0.1, 0.15) is 39.0 Å². The highest BCUT2D eigenvalue weighted by molar-refractivity contribution is 8.00. The van der Waals surface area contributed by atoms with Crippen LogP contribution in [0.5, 0.6) is 0 Å². The number of nitrogens with one attached hydrogen (secondary N) is 2. The van der Waals surface area contributed by atoms with E-state index in [0.717, 1.165) is 21.5 Å². The van der Waals surface area contributed by atoms with Gasteiger partial charge < -0.3 is 25.2 Å². The number of methoxy groups -OCH3 is 1. The molecule has 0 aromatic carbocycles. The summed E-state index contributed by atoms with van der Waals surface area (Å²) < 4.78 is 58.1. The van der Waals surface area contributed by atoms with Crippen molar-refractivity contribution in [3.05, 3.63) is 33.7 Å². The van der Waals surface area contributed by atoms with Crippen molar-refractivity contribution in [2.45, 2.75) is 57.0 Å². The number of hydrogen-bond donors (Lipinski definition) is 3. The zero-order chi connectivity index (χ0) is 37.7. The second-order valence-electron chi connectivity index (χ2n) is 10.1. The summed E-state index contributed by atoms with van der Waals surface area (Å²) in [7, 11) is -8.15. The Kier molecular flexibility index (Phi) is 17.0. The molecule has 3 amide bonds. The lowest BCUT2D eigenvalue weighted by molar-refractivity contribution is -0.272. The zero-order valence-electron chi connectivity index (χ0n) is 28.4. The van der Waals surface area contributed by atoms with Gasteiger partial charge in [-0.15, -0.1) is 41.8 Å². The minimum atomic E-state index is -4.69. The summed E-state index contributed by atoms with van der Waals surface area (Å²) in [5.41, 5.74) is -2.14. The molecule has 0 bridgehead atoms. The molecule has 1 aromatic heterocycles. The number of thiophene rings is 1. The first-order chi connectivity index (χ1) is 24.4. The number of hydrogen-bond acceptors (Lipinski definition) is 18. The van der Waals surface area contributed by atoms with Crippen molar-refractivity contribution in [1.82, 2.24) is 15.5 Å². The topological polar surface area (TPSA) is 242 Å². The van der Waals surface area contributed by atoms with Crippen LogP contribution in [0.25, 0.3) is 0 Å². The summed E-state index contributed by atoms with van der Waals surface area (Å²) in [6.45, 7) is 4.66. The molecule has 2 aliphatic rings. The van der Waals surface area contributed by atoms with Crippen LogP contribution < -0.4 is 10.6 Å². The first-order valence-corrected chi connectivity index (χ1v) is 20.6. The Morgan fingerprint density at radius 2 is 1.57 bits per heavy atom. The number of rotatable bonds is 24. The second-order valence-corrected chi connectivity index (χ2v) is 16.6. The lowest BCUT2D eigenvalue weighted by atomic mass is 9.98. The van der Waals surface area contributed by atoms with Crippen molar-refractivity contribution in [1.29, 1.82) is 0 Å². The summed E-state index contributed by atoms with van der Waals surface area (Å²) in [5.74, 6) is -2.77. The molecule has 0 unspecified atom stereocenters. The quantitative estimate of drug-likeness (QED) is 0.0443. The van der Waals surface area contributed by atoms with Gasteiger partial charge >= 0.3 is 27.3 Å². The molecule has 3 N–H and O–H groups in total. The van der Waals surface area contributed by atoms with E-state index < -0.39 is 80.8 Å². The van der Waals surface area contributed by atoms with Crippen LogP contribution in [0.3, 0.4) is 0 Å². The van der Waals surface area contributed by atoms with E-state index in [9.17, 15) is 33.4 Å². The highest BCUT2D eigenvalue weighted by Crippen LogP contribution is 2.71. The van der Waals surface area contributed by atoms with Gasteiger partial charge in [-0.3, -0.25) is 23.6 Å². The van der Waals surface area contributed by atoms with Crippen molar-refractivity contribution < 1.29 is 81.1 Å². The average Bonchev–Trinajstić information content (AvgIpc) is 3.63. The SMILES string of the molecule is CCOOP(=O)(OOCC)C(CCNC(=O)OCC1=C(C(=O)O)N2C(=O)[C@](NC(=O)Cc3cccs3)(OC)[C@@H]2SC1)P(=O)(OOCC)OOCC. The van der Waals surface area contributed by atoms with Crippen LogP contribution in [0.4, 0.5) is 4.79 Å². The summed E-state index contributed by atoms with van der Waals surface area (Å²) >= 11 is 2.47. The number of fused-ring (bicyclic) bond motifs is 1. The van der Waals surface area contributed by atoms with Crippen molar-refractivity contribution in [3.63, 3.8) is 0 Å². The Labute approximate surface area is 301 Å². The molecule has 288 valence electrons. The normalized spacial score (nSPS) is 19.1. The lowest BCUT2D eigenvalue weighted by Crippen LogP contribution is -2.80. The van der Waals surface area contributed by atoms with E-state index in [1.807, 2.05) is 0 Å². The molecule has 0 spiro atoms. The summed E-state index contributed by atoms with van der Waals surface area (Å²) in [4.78, 5) is 72.2. The van der Waals surface area contributed by atoms with Gasteiger partial charge in [-0.2, -0.15) is 0 Å². The molecule has 3 rings (SSSR count). The third-order valence-corrected chi connectivity index (χ3v) is 13.9. The van der Waals surface area contributed by atoms with Crippen molar-refractivity contribution in [2.24, 2.45) is 0 Å². The maximum Gasteiger partial charge on any atom is 0.407 e. The van der Waals surface area contributed by atoms with Crippen LogP contribution in [-0.2, 0) is 77.7 Å². The van der Waals surface area contributed by atoms with Gasteiger partial charge in [0, 0.05) is 29.9 Å². The number of thioether (sulfide) groups is 1. The molecule has 20 nitrogen and oxygen atoms in total. The number of amides is 3. The van der Waals surface area contributed by atoms with Gasteiger partial charge in [0.2, 0.25) is 5.91 Å². The number of nitrogens with zero attached hydrogens (tertiary/aromatic N) is 1. The Bertz CT molecular complexity index is 1420. The van der Waals surface area contributed by atoms with E-state index in [1.165, 1.54) is 46.1 Å². The number of carboxylic acids is 1. The lowest BCUT2D eigenvalue weighted by Gasteiger charge is -2.55. The van der Waals surface area contributed by atoms with Crippen LogP contribution in [-0.4, -0.2) is 103 Å². The average molecular weight is 806 g/mol. The summed E-state index contributed by atoms with van der Waals surface area (Å²) in [5, 5.41) is 14.0. The maximum atomic E-state index is 13.8. The molecule has 2 atom stereocenters. The first-order valence-electron chi connectivity index (χ1n) is 15.5. The summed E-state index contributed by atoms with van der Waals surface area (Å²) in [6, 6.07) is 3.54. The number of alkyl carbamates (subject to hydrolysis) is 1. The number of carboxylic acid groups (broad SMARTS) is 1. The van der Waals surface area contributed by atoms with E-state index in [4.69, 9.17) is 47.7 Å². The van der Waals surface area contributed by atoms with Crippen molar-refractivity contribution in [2.75, 3.05) is 52.4 Å². The van der Waals surface area contributed by atoms with E-state index in [0.29, 0.717) is 0 Å². The smallest absolute Gasteiger partial charge is 0.407 e. The standard InChI is InChI=1S/C27H41N3O17P2S2/c1-6-40-44-48(36,45-41-7-2)21(49(37,46-42-8-3)47-43-9-4)12-13-28-26(35)39-16-18-17-51-25-27(38-5,24(34)30(25)22(18)23(32)33)29-20(31)15-19-11-10-14-50-19/h10-11,14,21,25H,6-9,12-13,15-17H2,1-5H3,(H,28,35)(H,29,31)(H,32,33)/t25-,27-/m0/s1. The molecule has 0 saturated carbocycles. The van der Waals surface area contributed by atoms with Crippen LogP contribution in [0.2, 0.25) is 0 Å². The summed E-state index contributed by atoms with van der Waals surface area (Å²) in [6.07, 6.45) is -1.57. The second kappa shape index (κ2) is 20.1. The molecular formula is C27H41N3O17P2S2. The number of ether oxygens (including phenoxy) is 2. The fourth-order valence-corrected chi connectivity index (χ4v) is 10.9. The van der Waals surface area contributed by atoms with Crippen molar-refractivity contribution >= 4 is 62.2 Å². The fraction of sp³-hybridized carbons (Fsp3) is 0.630. The molecule has 0 radical (unpaired) electrons. The molecule has 1 fully saturated rings. The van der Waals surface area contributed by atoms with Crippen molar-refractivity contribution in [3.8, 4) is 0 Å². The van der Waals surface area contributed by atoms with E-state index in [1.54, 1.807) is 17.5 Å². The monoisotopic (exact) mass is 805 g/mol. The highest BCUT2D eigenvalue weighted by Gasteiger charge is 2.66. The number of carbonyl (C=O) groups is 4. The van der Waals surface area contributed by atoms with Gasteiger partial charge in [-0.1, -0.05) is 6.07 Å². The molecule has 51 heavy (non-hydrogen) atoms. The van der Waals surface area contributed by atoms with E-state index >= 15 is 0 Å². The zero-order valence-corrected chi connectivity index (χ0v) is 31.8. The van der Waals surface area contributed by atoms with Gasteiger partial charge in [-0.25, -0.2) is 29.1 Å². The molecule has 24 heteroatoms. The maximum absolute atomic E-state index is 13.8. The minimum absolute atomic E-state index is 0.00269. The Morgan fingerprint density at radius 1 is 1.00 bits per heavy atom. The number of aliphatic carboxylic acids is 1. The Morgan fingerprint density at radius 3 is 2.04 bits per heavy atom. The van der Waals surface area contributed by atoms with Gasteiger partial charge in [0.1, 0.15) is 17.7 Å². The molecule has 1 aromatic rings. The third kappa shape index (κ3) is 10.6. The van der Waals surface area contributed by atoms with Crippen LogP contribution in [0.15, 0.2) is 28.8 Å². The largest absolute Gasteiger partial charge is 0.477 e. The number of carbonyl (C=O) groups excluding carboxylic acids is 3. The molecule has 2 aliphatic heterocycles. The minimum Gasteiger partial charge on any atom is -0.477 e. The Hall–Kier alpha value is -2.43. The van der Waals surface area contributed by atoms with Crippen LogP contribution in [0, 0.1) is 0 Å². The predicted octanol–water partition coefficient (Wildman–Crippen LogP) is 3.70. The molecule has 0 aliphatic carbocycles. The molecular weight excluding hydrogens is 764 g/mol. The highest BCUT2D eigenvalue weighted by atomic mass is 32.2. The van der Waals surface area contributed by atoms with E-state index in [-0.39, 0.29) is 44.2 Å². The molecule has 3 heterocycles. The van der Waals surface area contributed by atoms with Crippen LogP contribution >= 0.6 is 38.3 Å². The predicted molar refractivity (Wildman–Crippen MR) is 177 cm³/mol. The Balaban J connectivity index is 1.71. The van der Waals surface area contributed by atoms with Gasteiger partial charge in [0.15, 0.2) is 5.40 Å². The van der Waals surface area contributed by atoms with Gasteiger partial charge in [-0.05, 0) is 45.6 Å². The first kappa shape index (κ1) is 43.0. The van der Waals surface area contributed by atoms with Gasteiger partial charge in [0.05, 0.1) is 32.8 Å². The van der Waals surface area contributed by atoms with Gasteiger partial charge in [0.25, 0.3) is 11.6 Å². The fourth-order valence-electron chi connectivity index (χ4n) is 4.60. The van der Waals surface area contributed by atoms with E-state index in [2.05, 4.69) is 10.6 Å². The third-order valence-electron chi connectivity index (χ3n) is 6.75.